The van der Waals surface area contributed by atoms with Crippen molar-refractivity contribution in [2.75, 3.05) is 45.7 Å². The van der Waals surface area contributed by atoms with Crippen molar-refractivity contribution in [1.82, 2.24) is 20.0 Å². The summed E-state index contributed by atoms with van der Waals surface area (Å²) < 4.78 is 7.73. The maximum Gasteiger partial charge on any atom is 0.194 e. The highest BCUT2D eigenvalue weighted by molar-refractivity contribution is 14.0. The highest BCUT2D eigenvalue weighted by atomic mass is 127. The SMILES string of the molecule is CN=C(NCc1cccc(N(C)C)c1)N1CCOC(c2cnn(C)c2)C1.I. The van der Waals surface area contributed by atoms with E-state index in [9.17, 15) is 0 Å². The lowest BCUT2D eigenvalue weighted by molar-refractivity contribution is -0.00805. The molecule has 0 spiro atoms. The summed E-state index contributed by atoms with van der Waals surface area (Å²) >= 11 is 0. The third-order valence-electron chi connectivity index (χ3n) is 4.55. The van der Waals surface area contributed by atoms with Crippen LogP contribution >= 0.6 is 24.0 Å². The van der Waals surface area contributed by atoms with E-state index in [2.05, 4.69) is 63.6 Å². The monoisotopic (exact) mass is 484 g/mol. The van der Waals surface area contributed by atoms with E-state index in [1.807, 2.05) is 31.2 Å². The van der Waals surface area contributed by atoms with E-state index in [1.54, 1.807) is 0 Å². The maximum absolute atomic E-state index is 5.92. The van der Waals surface area contributed by atoms with Crippen molar-refractivity contribution in [1.29, 1.82) is 0 Å². The number of aromatic nitrogens is 2. The number of hydrogen-bond donors (Lipinski definition) is 1. The predicted octanol–water partition coefficient (Wildman–Crippen LogP) is 2.25. The molecule has 2 heterocycles. The van der Waals surface area contributed by atoms with Crippen molar-refractivity contribution in [3.8, 4) is 0 Å². The van der Waals surface area contributed by atoms with Gasteiger partial charge in [0.1, 0.15) is 6.10 Å². The molecular weight excluding hydrogens is 455 g/mol. The number of nitrogens with one attached hydrogen (secondary N) is 1. The minimum Gasteiger partial charge on any atom is -0.378 e. The number of ether oxygens (including phenoxy) is 1. The molecule has 0 radical (unpaired) electrons. The number of nitrogens with zero attached hydrogens (tertiary/aromatic N) is 5. The third-order valence-corrected chi connectivity index (χ3v) is 4.55. The average Bonchev–Trinajstić information content (AvgIpc) is 3.09. The molecule has 1 atom stereocenters. The summed E-state index contributed by atoms with van der Waals surface area (Å²) in [5, 5.41) is 7.73. The van der Waals surface area contributed by atoms with Crippen LogP contribution in [-0.4, -0.2) is 61.5 Å². The lowest BCUT2D eigenvalue weighted by Gasteiger charge is -2.34. The topological polar surface area (TPSA) is 57.9 Å². The van der Waals surface area contributed by atoms with Crippen LogP contribution in [0.25, 0.3) is 0 Å². The Morgan fingerprint density at radius 3 is 2.89 bits per heavy atom. The van der Waals surface area contributed by atoms with Crippen molar-refractivity contribution in [3.05, 3.63) is 47.8 Å². The minimum absolute atomic E-state index is 0. The molecule has 8 heteroatoms. The summed E-state index contributed by atoms with van der Waals surface area (Å²) in [6.07, 6.45) is 3.90. The highest BCUT2D eigenvalue weighted by Crippen LogP contribution is 2.21. The molecule has 1 aromatic heterocycles. The van der Waals surface area contributed by atoms with E-state index in [0.717, 1.165) is 31.2 Å². The molecule has 3 rings (SSSR count). The Bertz CT molecular complexity index is 760. The minimum atomic E-state index is 0. The van der Waals surface area contributed by atoms with Gasteiger partial charge in [-0.2, -0.15) is 5.10 Å². The van der Waals surface area contributed by atoms with Gasteiger partial charge in [0.25, 0.3) is 0 Å². The van der Waals surface area contributed by atoms with E-state index >= 15 is 0 Å². The van der Waals surface area contributed by atoms with Gasteiger partial charge in [0.05, 0.1) is 19.3 Å². The summed E-state index contributed by atoms with van der Waals surface area (Å²) in [5.74, 6) is 0.900. The second-order valence-electron chi connectivity index (χ2n) is 6.72. The van der Waals surface area contributed by atoms with Gasteiger partial charge in [0, 0.05) is 58.7 Å². The molecule has 0 saturated carbocycles. The van der Waals surface area contributed by atoms with Gasteiger partial charge in [-0.05, 0) is 17.7 Å². The van der Waals surface area contributed by atoms with Crippen molar-refractivity contribution < 1.29 is 4.74 Å². The molecule has 1 aliphatic heterocycles. The number of benzene rings is 1. The highest BCUT2D eigenvalue weighted by Gasteiger charge is 2.25. The van der Waals surface area contributed by atoms with Crippen molar-refractivity contribution in [2.45, 2.75) is 12.6 Å². The fraction of sp³-hybridized carbons (Fsp3) is 0.474. The number of hydrogen-bond acceptors (Lipinski definition) is 4. The van der Waals surface area contributed by atoms with Gasteiger partial charge in [-0.15, -0.1) is 24.0 Å². The molecule has 1 aliphatic rings. The Balaban J connectivity index is 0.00000261. The third kappa shape index (κ3) is 5.58. The Kier molecular flexibility index (Phi) is 7.91. The van der Waals surface area contributed by atoms with Gasteiger partial charge in [-0.1, -0.05) is 12.1 Å². The van der Waals surface area contributed by atoms with Crippen LogP contribution < -0.4 is 10.2 Å². The average molecular weight is 484 g/mol. The van der Waals surface area contributed by atoms with Crippen LogP contribution in [0.1, 0.15) is 17.2 Å². The number of guanidine groups is 1. The van der Waals surface area contributed by atoms with Gasteiger partial charge in [0.2, 0.25) is 0 Å². The molecule has 1 aromatic carbocycles. The summed E-state index contributed by atoms with van der Waals surface area (Å²) in [6, 6.07) is 8.52. The van der Waals surface area contributed by atoms with E-state index in [0.29, 0.717) is 6.61 Å². The molecule has 1 saturated heterocycles. The maximum atomic E-state index is 5.92. The zero-order valence-corrected chi connectivity index (χ0v) is 18.8. The molecule has 1 fully saturated rings. The quantitative estimate of drug-likeness (QED) is 0.410. The summed E-state index contributed by atoms with van der Waals surface area (Å²) in [7, 11) is 7.86. The lowest BCUT2D eigenvalue weighted by Crippen LogP contribution is -2.47. The normalized spacial score (nSPS) is 17.4. The van der Waals surface area contributed by atoms with Crippen LogP contribution in [0.15, 0.2) is 41.7 Å². The molecule has 0 aliphatic carbocycles. The summed E-state index contributed by atoms with van der Waals surface area (Å²) in [6.45, 7) is 3.01. The summed E-state index contributed by atoms with van der Waals surface area (Å²) in [5.41, 5.74) is 3.53. The molecule has 1 unspecified atom stereocenters. The molecule has 0 amide bonds. The number of aliphatic imine (C=N–C) groups is 1. The van der Waals surface area contributed by atoms with Crippen molar-refractivity contribution in [3.63, 3.8) is 0 Å². The second-order valence-corrected chi connectivity index (χ2v) is 6.72. The van der Waals surface area contributed by atoms with Crippen LogP contribution in [-0.2, 0) is 18.3 Å². The first kappa shape index (κ1) is 21.5. The predicted molar refractivity (Wildman–Crippen MR) is 120 cm³/mol. The smallest absolute Gasteiger partial charge is 0.194 e. The van der Waals surface area contributed by atoms with Gasteiger partial charge in [-0.25, -0.2) is 0 Å². The number of morpholine rings is 1. The first-order chi connectivity index (χ1) is 12.6. The standard InChI is InChI=1S/C19H28N6O.HI/c1-20-19(21-11-15-6-5-7-17(10-15)23(2)3)25-8-9-26-18(14-25)16-12-22-24(4)13-16;/h5-7,10,12-13,18H,8-9,11,14H2,1-4H3,(H,20,21);1H. The first-order valence-electron chi connectivity index (χ1n) is 8.89. The van der Waals surface area contributed by atoms with Crippen molar-refractivity contribution >= 4 is 35.6 Å². The first-order valence-corrected chi connectivity index (χ1v) is 8.89. The fourth-order valence-electron chi connectivity index (χ4n) is 3.11. The second kappa shape index (κ2) is 9.93. The Morgan fingerprint density at radius 1 is 1.41 bits per heavy atom. The largest absolute Gasteiger partial charge is 0.378 e. The molecule has 1 N–H and O–H groups in total. The van der Waals surface area contributed by atoms with Gasteiger partial charge in [-0.3, -0.25) is 9.67 Å². The van der Waals surface area contributed by atoms with E-state index in [1.165, 1.54) is 11.3 Å². The van der Waals surface area contributed by atoms with Crippen LogP contribution in [0.2, 0.25) is 0 Å². The van der Waals surface area contributed by atoms with Gasteiger partial charge < -0.3 is 19.9 Å². The van der Waals surface area contributed by atoms with E-state index < -0.39 is 0 Å². The molecule has 2 aromatic rings. The molecular formula is C19H29IN6O. The Hall–Kier alpha value is -1.81. The zero-order chi connectivity index (χ0) is 18.5. The number of rotatable bonds is 4. The van der Waals surface area contributed by atoms with Crippen LogP contribution in [0.5, 0.6) is 0 Å². The molecule has 27 heavy (non-hydrogen) atoms. The van der Waals surface area contributed by atoms with Crippen LogP contribution in [0.4, 0.5) is 5.69 Å². The molecule has 148 valence electrons. The Labute approximate surface area is 178 Å². The number of aryl methyl sites for hydroxylation is 1. The van der Waals surface area contributed by atoms with Crippen molar-refractivity contribution in [2.24, 2.45) is 12.0 Å². The summed E-state index contributed by atoms with van der Waals surface area (Å²) in [4.78, 5) is 8.82. The molecule has 7 nitrogen and oxygen atoms in total. The van der Waals surface area contributed by atoms with Gasteiger partial charge in [0.15, 0.2) is 5.96 Å². The van der Waals surface area contributed by atoms with E-state index in [4.69, 9.17) is 4.74 Å². The number of halogens is 1. The van der Waals surface area contributed by atoms with Crippen LogP contribution in [0, 0.1) is 0 Å². The zero-order valence-electron chi connectivity index (χ0n) is 16.4. The van der Waals surface area contributed by atoms with Gasteiger partial charge >= 0.3 is 0 Å². The fourth-order valence-corrected chi connectivity index (χ4v) is 3.11. The Morgan fingerprint density at radius 2 is 2.22 bits per heavy atom. The van der Waals surface area contributed by atoms with E-state index in [-0.39, 0.29) is 30.1 Å². The molecule has 0 bridgehead atoms. The number of anilines is 1. The van der Waals surface area contributed by atoms with Crippen LogP contribution in [0.3, 0.4) is 0 Å². The lowest BCUT2D eigenvalue weighted by atomic mass is 10.1.